The van der Waals surface area contributed by atoms with E-state index in [0.29, 0.717) is 30.1 Å². The van der Waals surface area contributed by atoms with E-state index in [4.69, 9.17) is 21.2 Å². The summed E-state index contributed by atoms with van der Waals surface area (Å²) in [5, 5.41) is 0.529. The highest BCUT2D eigenvalue weighted by Gasteiger charge is 2.35. The fraction of sp³-hybridized carbons (Fsp3) is 0.407. The van der Waals surface area contributed by atoms with Gasteiger partial charge in [-0.05, 0) is 60.4 Å². The lowest BCUT2D eigenvalue weighted by molar-refractivity contribution is 0.284. The number of hydrogen-bond acceptors (Lipinski definition) is 9. The van der Waals surface area contributed by atoms with Crippen molar-refractivity contribution in [3.63, 3.8) is 0 Å². The van der Waals surface area contributed by atoms with Crippen LogP contribution in [0.3, 0.4) is 0 Å². The molecule has 0 fully saturated rings. The minimum absolute atomic E-state index is 0.190. The number of fused-ring (bicyclic) bond motifs is 3. The Morgan fingerprint density at radius 3 is 2.78 bits per heavy atom. The third-order valence-corrected chi connectivity index (χ3v) is 8.04. The molecule has 36 heavy (non-hydrogen) atoms. The molecule has 8 nitrogen and oxygen atoms in total. The first-order valence-electron chi connectivity index (χ1n) is 12.4. The van der Waals surface area contributed by atoms with Gasteiger partial charge in [-0.25, -0.2) is 15.0 Å². The quantitative estimate of drug-likeness (QED) is 0.390. The van der Waals surface area contributed by atoms with Crippen LogP contribution in [0, 0.1) is 12.3 Å². The Kier molecular flexibility index (Phi) is 5.29. The maximum atomic E-state index is 6.27. The predicted octanol–water partition coefficient (Wildman–Crippen LogP) is 5.10. The van der Waals surface area contributed by atoms with E-state index in [1.165, 1.54) is 16.9 Å². The number of aryl methyl sites for hydroxylation is 1. The number of benzene rings is 1. The van der Waals surface area contributed by atoms with Crippen LogP contribution in [0.1, 0.15) is 55.5 Å². The molecule has 1 unspecified atom stereocenters. The molecule has 0 radical (unpaired) electrons. The van der Waals surface area contributed by atoms with Crippen LogP contribution >= 0.6 is 11.3 Å². The third kappa shape index (κ3) is 4.01. The molecule has 4 N–H and O–H groups in total. The fourth-order valence-electron chi connectivity index (χ4n) is 5.88. The standard InChI is InChI=1S/C27H31N7OS/c1-14-7-16(17-9-20-24(30-12-17)36-26(29)31-20)8-18-13-34(5-6-35-22(14)18)23-19-11-27(3,4)10-15(2)21(19)32-25(28)33-23/h7-9,12,15H,5-6,10-11,13H2,1-4H3,(H2,29,31)(H2,28,32,33). The van der Waals surface area contributed by atoms with Crippen LogP contribution in [-0.2, 0) is 13.0 Å². The number of ether oxygens (including phenoxy) is 1. The summed E-state index contributed by atoms with van der Waals surface area (Å²) >= 11 is 1.40. The number of rotatable bonds is 2. The van der Waals surface area contributed by atoms with Gasteiger partial charge in [0.2, 0.25) is 5.95 Å². The highest BCUT2D eigenvalue weighted by atomic mass is 32.1. The van der Waals surface area contributed by atoms with Gasteiger partial charge in [-0.3, -0.25) is 0 Å². The summed E-state index contributed by atoms with van der Waals surface area (Å²) in [6.07, 6.45) is 3.92. The van der Waals surface area contributed by atoms with E-state index < -0.39 is 0 Å². The monoisotopic (exact) mass is 501 g/mol. The Morgan fingerprint density at radius 1 is 1.11 bits per heavy atom. The summed E-state index contributed by atoms with van der Waals surface area (Å²) < 4.78 is 6.27. The van der Waals surface area contributed by atoms with Gasteiger partial charge >= 0.3 is 0 Å². The molecule has 4 heterocycles. The molecule has 186 valence electrons. The van der Waals surface area contributed by atoms with E-state index in [-0.39, 0.29) is 5.41 Å². The number of pyridine rings is 1. The highest BCUT2D eigenvalue weighted by Crippen LogP contribution is 2.44. The number of nitrogens with two attached hydrogens (primary N) is 2. The van der Waals surface area contributed by atoms with Gasteiger partial charge in [-0.15, -0.1) is 0 Å². The molecule has 0 saturated carbocycles. The van der Waals surface area contributed by atoms with Crippen LogP contribution in [0.4, 0.5) is 16.9 Å². The summed E-state index contributed by atoms with van der Waals surface area (Å²) in [4.78, 5) is 21.6. The van der Waals surface area contributed by atoms with Gasteiger partial charge in [0.05, 0.1) is 12.2 Å². The third-order valence-electron chi connectivity index (χ3n) is 7.23. The number of thiazole rings is 1. The Labute approximate surface area is 214 Å². The average Bonchev–Trinajstić information content (AvgIpc) is 3.04. The van der Waals surface area contributed by atoms with Crippen molar-refractivity contribution in [2.45, 2.75) is 53.0 Å². The Hall–Kier alpha value is -3.46. The van der Waals surface area contributed by atoms with Gasteiger partial charge < -0.3 is 21.1 Å². The number of nitrogens with zero attached hydrogens (tertiary/aromatic N) is 5. The normalized spacial score (nSPS) is 18.9. The van der Waals surface area contributed by atoms with Gasteiger partial charge in [0.15, 0.2) is 5.13 Å². The summed E-state index contributed by atoms with van der Waals surface area (Å²) in [6.45, 7) is 11.0. The number of aromatic nitrogens is 4. The lowest BCUT2D eigenvalue weighted by Crippen LogP contribution is -2.32. The second kappa shape index (κ2) is 8.30. The van der Waals surface area contributed by atoms with Crippen molar-refractivity contribution in [3.8, 4) is 16.9 Å². The fourth-order valence-corrected chi connectivity index (χ4v) is 6.54. The van der Waals surface area contributed by atoms with Gasteiger partial charge in [0.25, 0.3) is 0 Å². The highest BCUT2D eigenvalue weighted by molar-refractivity contribution is 7.21. The first-order valence-corrected chi connectivity index (χ1v) is 13.2. The molecule has 1 atom stereocenters. The van der Waals surface area contributed by atoms with Crippen LogP contribution in [-0.4, -0.2) is 33.1 Å². The van der Waals surface area contributed by atoms with Crippen LogP contribution < -0.4 is 21.1 Å². The molecule has 4 aromatic rings. The molecule has 0 spiro atoms. The summed E-state index contributed by atoms with van der Waals surface area (Å²) in [6, 6.07) is 6.40. The Morgan fingerprint density at radius 2 is 1.94 bits per heavy atom. The van der Waals surface area contributed by atoms with E-state index >= 15 is 0 Å². The minimum atomic E-state index is 0.190. The molecule has 3 aromatic heterocycles. The molecule has 1 aliphatic carbocycles. The Bertz CT molecular complexity index is 1500. The lowest BCUT2D eigenvalue weighted by Gasteiger charge is -2.37. The predicted molar refractivity (Wildman–Crippen MR) is 146 cm³/mol. The smallest absolute Gasteiger partial charge is 0.222 e. The summed E-state index contributed by atoms with van der Waals surface area (Å²) in [7, 11) is 0. The zero-order valence-corrected chi connectivity index (χ0v) is 21.9. The van der Waals surface area contributed by atoms with Gasteiger partial charge in [-0.1, -0.05) is 32.1 Å². The first kappa shape index (κ1) is 23.0. The zero-order chi connectivity index (χ0) is 25.2. The second-order valence-corrected chi connectivity index (χ2v) is 11.9. The number of anilines is 3. The summed E-state index contributed by atoms with van der Waals surface area (Å²) in [5.74, 6) is 2.57. The van der Waals surface area contributed by atoms with Crippen molar-refractivity contribution in [2.24, 2.45) is 5.41 Å². The van der Waals surface area contributed by atoms with Crippen molar-refractivity contribution in [1.82, 2.24) is 19.9 Å². The molecule has 1 aromatic carbocycles. The van der Waals surface area contributed by atoms with Gasteiger partial charge in [-0.2, -0.15) is 4.98 Å². The molecule has 0 saturated heterocycles. The van der Waals surface area contributed by atoms with Crippen LogP contribution in [0.2, 0.25) is 0 Å². The molecule has 2 aliphatic rings. The van der Waals surface area contributed by atoms with Crippen molar-refractivity contribution >= 4 is 38.6 Å². The van der Waals surface area contributed by atoms with Crippen molar-refractivity contribution < 1.29 is 4.74 Å². The van der Waals surface area contributed by atoms with Gasteiger partial charge in [0, 0.05) is 29.4 Å². The summed E-state index contributed by atoms with van der Waals surface area (Å²) in [5.41, 5.74) is 19.7. The van der Waals surface area contributed by atoms with Crippen LogP contribution in [0.5, 0.6) is 5.75 Å². The zero-order valence-electron chi connectivity index (χ0n) is 21.1. The molecule has 0 bridgehead atoms. The SMILES string of the molecule is Cc1cc(-c2cnc3sc(N)nc3c2)cc2c1OCCN(c1nc(N)nc3c1CC(C)(C)CC3C)C2. The maximum Gasteiger partial charge on any atom is 0.222 e. The second-order valence-electron chi connectivity index (χ2n) is 10.9. The van der Waals surface area contributed by atoms with Crippen molar-refractivity contribution in [1.29, 1.82) is 0 Å². The van der Waals surface area contributed by atoms with E-state index in [2.05, 4.69) is 65.7 Å². The van der Waals surface area contributed by atoms with E-state index in [1.807, 2.05) is 6.20 Å². The molecule has 9 heteroatoms. The Balaban J connectivity index is 1.42. The van der Waals surface area contributed by atoms with Crippen LogP contribution in [0.15, 0.2) is 24.4 Å². The van der Waals surface area contributed by atoms with Crippen molar-refractivity contribution in [2.75, 3.05) is 29.5 Å². The van der Waals surface area contributed by atoms with E-state index in [0.717, 1.165) is 69.2 Å². The molecular formula is C27H31N7OS. The minimum Gasteiger partial charge on any atom is -0.491 e. The average molecular weight is 502 g/mol. The van der Waals surface area contributed by atoms with Gasteiger partial charge in [0.1, 0.15) is 28.5 Å². The number of nitrogen functional groups attached to an aromatic ring is 2. The van der Waals surface area contributed by atoms with Crippen LogP contribution in [0.25, 0.3) is 21.5 Å². The van der Waals surface area contributed by atoms with Crippen molar-refractivity contribution in [3.05, 3.63) is 46.8 Å². The van der Waals surface area contributed by atoms with E-state index in [1.54, 1.807) is 0 Å². The molecule has 0 amide bonds. The molecule has 6 rings (SSSR count). The lowest BCUT2D eigenvalue weighted by atomic mass is 9.71. The largest absolute Gasteiger partial charge is 0.491 e. The first-order chi connectivity index (χ1) is 17.2. The topological polar surface area (TPSA) is 116 Å². The van der Waals surface area contributed by atoms with E-state index in [9.17, 15) is 0 Å². The molecule has 1 aliphatic heterocycles. The number of hydrogen-bond donors (Lipinski definition) is 2. The maximum absolute atomic E-state index is 6.27. The molecular weight excluding hydrogens is 470 g/mol.